The minimum atomic E-state index is -0.861. The lowest BCUT2D eigenvalue weighted by Crippen LogP contribution is -2.04. The molecule has 1 aromatic carbocycles. The maximum absolute atomic E-state index is 11.1. The quantitative estimate of drug-likeness (QED) is 0.423. The van der Waals surface area contributed by atoms with Gasteiger partial charge in [-0.3, -0.25) is 4.89 Å². The first-order chi connectivity index (χ1) is 6.57. The van der Waals surface area contributed by atoms with E-state index in [-0.39, 0.29) is 11.3 Å². The average molecular weight is 198 g/mol. The number of phenols is 2. The lowest BCUT2D eigenvalue weighted by molar-refractivity contribution is -0.216. The Morgan fingerprint density at radius 3 is 2.50 bits per heavy atom. The zero-order valence-electron chi connectivity index (χ0n) is 7.77. The van der Waals surface area contributed by atoms with E-state index in [1.54, 1.807) is 6.92 Å². The third-order valence-corrected chi connectivity index (χ3v) is 1.73. The summed E-state index contributed by atoms with van der Waals surface area (Å²) in [5, 5.41) is 18.7. The van der Waals surface area contributed by atoms with Gasteiger partial charge in [-0.25, -0.2) is 4.79 Å². The van der Waals surface area contributed by atoms with Gasteiger partial charge >= 0.3 is 5.97 Å². The van der Waals surface area contributed by atoms with Gasteiger partial charge in [0.2, 0.25) is 0 Å². The van der Waals surface area contributed by atoms with Crippen molar-refractivity contribution in [2.24, 2.45) is 0 Å². The molecule has 5 heteroatoms. The number of aromatic hydroxyl groups is 2. The highest BCUT2D eigenvalue weighted by Crippen LogP contribution is 2.32. The Labute approximate surface area is 80.4 Å². The van der Waals surface area contributed by atoms with Gasteiger partial charge in [0.1, 0.15) is 5.56 Å². The molecule has 0 saturated carbocycles. The molecule has 5 nitrogen and oxygen atoms in total. The Hall–Kier alpha value is -1.75. The molecule has 0 fully saturated rings. The molecule has 0 amide bonds. The van der Waals surface area contributed by atoms with Crippen LogP contribution in [0.2, 0.25) is 0 Å². The van der Waals surface area contributed by atoms with Gasteiger partial charge in [0, 0.05) is 0 Å². The molecule has 0 aliphatic carbocycles. The molecule has 0 aliphatic rings. The van der Waals surface area contributed by atoms with Crippen LogP contribution in [0.5, 0.6) is 11.5 Å². The number of hydrogen-bond acceptors (Lipinski definition) is 5. The fourth-order valence-electron chi connectivity index (χ4n) is 0.966. The van der Waals surface area contributed by atoms with Gasteiger partial charge in [0.25, 0.3) is 0 Å². The van der Waals surface area contributed by atoms with Crippen LogP contribution in [0.15, 0.2) is 12.1 Å². The van der Waals surface area contributed by atoms with Gasteiger partial charge in [-0.1, -0.05) is 6.07 Å². The van der Waals surface area contributed by atoms with Gasteiger partial charge in [0.05, 0.1) is 7.11 Å². The number of rotatable bonds is 2. The second kappa shape index (κ2) is 3.97. The Morgan fingerprint density at radius 2 is 1.93 bits per heavy atom. The fraction of sp³-hybridized carbons (Fsp3) is 0.222. The summed E-state index contributed by atoms with van der Waals surface area (Å²) in [7, 11) is 1.17. The molecule has 0 spiro atoms. The summed E-state index contributed by atoms with van der Waals surface area (Å²) in [6.45, 7) is 1.60. The van der Waals surface area contributed by atoms with E-state index < -0.39 is 11.7 Å². The van der Waals surface area contributed by atoms with Gasteiger partial charge in [-0.2, -0.15) is 4.89 Å². The lowest BCUT2D eigenvalue weighted by atomic mass is 10.1. The summed E-state index contributed by atoms with van der Waals surface area (Å²) in [5.74, 6) is -1.71. The number of phenolic OH excluding ortho intramolecular Hbond substituents is 2. The van der Waals surface area contributed by atoms with Crippen LogP contribution < -0.4 is 0 Å². The van der Waals surface area contributed by atoms with Gasteiger partial charge < -0.3 is 10.2 Å². The Kier molecular flexibility index (Phi) is 2.93. The molecule has 0 heterocycles. The standard InChI is InChI=1S/C9H10O5/c1-5-3-4-6(8(11)7(5)10)9(12)14-13-2/h3-4,10-11H,1-2H3. The van der Waals surface area contributed by atoms with Gasteiger partial charge in [-0.05, 0) is 18.6 Å². The van der Waals surface area contributed by atoms with Crippen LogP contribution in [0, 0.1) is 6.92 Å². The Balaban J connectivity index is 3.11. The number of aryl methyl sites for hydroxylation is 1. The summed E-state index contributed by atoms with van der Waals surface area (Å²) < 4.78 is 0. The third kappa shape index (κ3) is 1.77. The van der Waals surface area contributed by atoms with E-state index in [0.29, 0.717) is 5.56 Å². The molecule has 2 N–H and O–H groups in total. The molecule has 0 aromatic heterocycles. The topological polar surface area (TPSA) is 76.0 Å². The number of carbonyl (C=O) groups is 1. The number of hydrogen-bond donors (Lipinski definition) is 2. The summed E-state index contributed by atoms with van der Waals surface area (Å²) >= 11 is 0. The number of carbonyl (C=O) groups excluding carboxylic acids is 1. The Morgan fingerprint density at radius 1 is 1.29 bits per heavy atom. The zero-order chi connectivity index (χ0) is 10.7. The molecule has 0 atom stereocenters. The fourth-order valence-corrected chi connectivity index (χ4v) is 0.966. The summed E-state index contributed by atoms with van der Waals surface area (Å²) in [4.78, 5) is 19.4. The highest BCUT2D eigenvalue weighted by atomic mass is 17.2. The van der Waals surface area contributed by atoms with Gasteiger partial charge in [0.15, 0.2) is 11.5 Å². The van der Waals surface area contributed by atoms with Crippen molar-refractivity contribution in [3.8, 4) is 11.5 Å². The van der Waals surface area contributed by atoms with Crippen LogP contribution in [0.4, 0.5) is 0 Å². The van der Waals surface area contributed by atoms with Crippen molar-refractivity contribution in [2.75, 3.05) is 7.11 Å². The molecule has 0 bridgehead atoms. The predicted octanol–water partition coefficient (Wildman–Crippen LogP) is 1.12. The first-order valence-corrected chi connectivity index (χ1v) is 3.84. The maximum Gasteiger partial charge on any atom is 0.376 e. The van der Waals surface area contributed by atoms with Crippen LogP contribution in [0.1, 0.15) is 15.9 Å². The monoisotopic (exact) mass is 198 g/mol. The molecular formula is C9H10O5. The van der Waals surface area contributed by atoms with Crippen LogP contribution in [0.3, 0.4) is 0 Å². The first kappa shape index (κ1) is 10.3. The van der Waals surface area contributed by atoms with E-state index in [1.807, 2.05) is 0 Å². The van der Waals surface area contributed by atoms with Crippen molar-refractivity contribution < 1.29 is 24.8 Å². The van der Waals surface area contributed by atoms with Crippen LogP contribution >= 0.6 is 0 Å². The van der Waals surface area contributed by atoms with Crippen molar-refractivity contribution in [3.05, 3.63) is 23.3 Å². The molecular weight excluding hydrogens is 188 g/mol. The smallest absolute Gasteiger partial charge is 0.376 e. The van der Waals surface area contributed by atoms with Crippen LogP contribution in [-0.4, -0.2) is 23.3 Å². The zero-order valence-corrected chi connectivity index (χ0v) is 7.77. The third-order valence-electron chi connectivity index (χ3n) is 1.73. The highest BCUT2D eigenvalue weighted by Gasteiger charge is 2.17. The molecule has 0 unspecified atom stereocenters. The first-order valence-electron chi connectivity index (χ1n) is 3.84. The highest BCUT2D eigenvalue weighted by molar-refractivity contribution is 5.93. The maximum atomic E-state index is 11.1. The molecule has 0 saturated heterocycles. The molecule has 0 aliphatic heterocycles. The predicted molar refractivity (Wildman–Crippen MR) is 46.9 cm³/mol. The van der Waals surface area contributed by atoms with E-state index in [4.69, 9.17) is 0 Å². The van der Waals surface area contributed by atoms with E-state index in [0.717, 1.165) is 0 Å². The normalized spacial score (nSPS) is 9.86. The average Bonchev–Trinajstić information content (AvgIpc) is 2.15. The summed E-state index contributed by atoms with van der Waals surface area (Å²) in [6.07, 6.45) is 0. The van der Waals surface area contributed by atoms with Crippen molar-refractivity contribution in [3.63, 3.8) is 0 Å². The lowest BCUT2D eigenvalue weighted by Gasteiger charge is -2.06. The number of benzene rings is 1. The second-order valence-electron chi connectivity index (χ2n) is 2.66. The molecule has 1 rings (SSSR count). The van der Waals surface area contributed by atoms with Crippen molar-refractivity contribution in [1.29, 1.82) is 0 Å². The van der Waals surface area contributed by atoms with Crippen molar-refractivity contribution >= 4 is 5.97 Å². The minimum Gasteiger partial charge on any atom is -0.504 e. The Bertz CT molecular complexity index is 358. The van der Waals surface area contributed by atoms with E-state index in [2.05, 4.69) is 9.78 Å². The SMILES string of the molecule is COOC(=O)c1ccc(C)c(O)c1O. The summed E-state index contributed by atoms with van der Waals surface area (Å²) in [5.41, 5.74) is 0.325. The molecule has 14 heavy (non-hydrogen) atoms. The van der Waals surface area contributed by atoms with Crippen LogP contribution in [-0.2, 0) is 9.78 Å². The van der Waals surface area contributed by atoms with E-state index >= 15 is 0 Å². The van der Waals surface area contributed by atoms with E-state index in [1.165, 1.54) is 19.2 Å². The van der Waals surface area contributed by atoms with Crippen molar-refractivity contribution in [2.45, 2.75) is 6.92 Å². The minimum absolute atomic E-state index is 0.144. The van der Waals surface area contributed by atoms with Crippen LogP contribution in [0.25, 0.3) is 0 Å². The van der Waals surface area contributed by atoms with Gasteiger partial charge in [-0.15, -0.1) is 0 Å². The molecule has 1 aromatic rings. The van der Waals surface area contributed by atoms with E-state index in [9.17, 15) is 15.0 Å². The second-order valence-corrected chi connectivity index (χ2v) is 2.66. The molecule has 76 valence electrons. The van der Waals surface area contributed by atoms with Crippen molar-refractivity contribution in [1.82, 2.24) is 0 Å². The largest absolute Gasteiger partial charge is 0.504 e. The summed E-state index contributed by atoms with van der Waals surface area (Å²) in [6, 6.07) is 2.83. The molecule has 0 radical (unpaired) electrons.